The maximum atomic E-state index is 10.4. The van der Waals surface area contributed by atoms with Crippen molar-refractivity contribution in [2.75, 3.05) is 41.2 Å². The van der Waals surface area contributed by atoms with Crippen molar-refractivity contribution in [1.82, 2.24) is 0 Å². The molecule has 0 spiro atoms. The molecule has 6 N–H and O–H groups in total. The summed E-state index contributed by atoms with van der Waals surface area (Å²) < 4.78 is 44.5. The fourth-order valence-electron chi connectivity index (χ4n) is 5.39. The molecule has 14 nitrogen and oxygen atoms in total. The van der Waals surface area contributed by atoms with Crippen LogP contribution < -0.4 is 14.2 Å². The van der Waals surface area contributed by atoms with E-state index in [0.29, 0.717) is 41.4 Å². The Morgan fingerprint density at radius 1 is 0.733 bits per heavy atom. The predicted octanol–water partition coefficient (Wildman–Crippen LogP) is 0.338. The number of benzene rings is 2. The molecule has 248 valence electrons. The van der Waals surface area contributed by atoms with Gasteiger partial charge in [-0.1, -0.05) is 0 Å². The molecule has 9 atom stereocenters. The molecule has 0 aliphatic carbocycles. The minimum absolute atomic E-state index is 0.148. The molecule has 2 saturated heterocycles. The number of aliphatic hydroxyl groups excluding tert-OH is 6. The Morgan fingerprint density at radius 2 is 1.47 bits per heavy atom. The van der Waals surface area contributed by atoms with Gasteiger partial charge in [-0.15, -0.1) is 0 Å². The van der Waals surface area contributed by atoms with E-state index in [1.807, 2.05) is 30.3 Å². The first-order valence-corrected chi connectivity index (χ1v) is 14.6. The molecule has 3 aromatic rings. The minimum Gasteiger partial charge on any atom is -0.493 e. The van der Waals surface area contributed by atoms with Crippen LogP contribution in [0.2, 0.25) is 0 Å². The first-order valence-electron chi connectivity index (χ1n) is 14.6. The number of methoxy groups -OCH3 is 3. The summed E-state index contributed by atoms with van der Waals surface area (Å²) in [5.41, 5.74) is 2.35. The highest BCUT2D eigenvalue weighted by Crippen LogP contribution is 2.38. The van der Waals surface area contributed by atoms with Crippen LogP contribution in [0.15, 0.2) is 40.8 Å². The van der Waals surface area contributed by atoms with Gasteiger partial charge in [0.15, 0.2) is 35.4 Å². The second-order valence-electron chi connectivity index (χ2n) is 11.0. The lowest BCUT2D eigenvalue weighted by molar-refractivity contribution is -0.320. The van der Waals surface area contributed by atoms with Crippen molar-refractivity contribution in [3.63, 3.8) is 0 Å². The Hall–Kier alpha value is -3.02. The molecular formula is C31H40O14. The molecule has 0 amide bonds. The second kappa shape index (κ2) is 14.6. The summed E-state index contributed by atoms with van der Waals surface area (Å²) in [7, 11) is 4.70. The molecule has 14 heteroatoms. The maximum absolute atomic E-state index is 10.4. The molecule has 2 aliphatic rings. The molecule has 2 fully saturated rings. The Morgan fingerprint density at radius 3 is 2.20 bits per heavy atom. The monoisotopic (exact) mass is 636 g/mol. The van der Waals surface area contributed by atoms with Crippen LogP contribution >= 0.6 is 0 Å². The number of aliphatic hydroxyl groups is 6. The predicted molar refractivity (Wildman–Crippen MR) is 156 cm³/mol. The van der Waals surface area contributed by atoms with Crippen LogP contribution in [0.1, 0.15) is 12.0 Å². The van der Waals surface area contributed by atoms with Crippen molar-refractivity contribution >= 4 is 11.0 Å². The molecular weight excluding hydrogens is 596 g/mol. The molecule has 2 aliphatic heterocycles. The van der Waals surface area contributed by atoms with Gasteiger partial charge in [-0.25, -0.2) is 0 Å². The zero-order valence-corrected chi connectivity index (χ0v) is 25.1. The number of furan rings is 1. The molecule has 1 aromatic heterocycles. The van der Waals surface area contributed by atoms with E-state index in [1.165, 1.54) is 0 Å². The quantitative estimate of drug-likeness (QED) is 0.149. The summed E-state index contributed by atoms with van der Waals surface area (Å²) in [6.07, 6.45) is -11.5. The summed E-state index contributed by atoms with van der Waals surface area (Å²) in [6, 6.07) is 11.3. The van der Waals surface area contributed by atoms with Crippen molar-refractivity contribution in [2.45, 2.75) is 68.1 Å². The van der Waals surface area contributed by atoms with E-state index in [0.717, 1.165) is 16.5 Å². The third-order valence-corrected chi connectivity index (χ3v) is 7.97. The van der Waals surface area contributed by atoms with E-state index in [-0.39, 0.29) is 19.8 Å². The zero-order chi connectivity index (χ0) is 32.2. The number of hydrogen-bond donors (Lipinski definition) is 6. The van der Waals surface area contributed by atoms with Gasteiger partial charge in [0.1, 0.15) is 48.5 Å². The van der Waals surface area contributed by atoms with Gasteiger partial charge in [0.05, 0.1) is 41.2 Å². The van der Waals surface area contributed by atoms with Gasteiger partial charge in [-0.2, -0.15) is 0 Å². The standard InChI is InChI=1S/C31H40O14/c1-38-19-7-6-16(11-21(19)39-2)20-12-17-9-15(10-22(40-3)29(17)44-20)5-4-8-41-31-28(37)26(35)25(34)23(45-31)14-43-30-27(36)24(33)18(32)13-42-30/h6-7,9-12,18,23-28,30-37H,4-5,8,13-14H2,1-3H3/t18-,23+,24-,25-,26-,27-,28-,30-,31+/m1/s1. The molecule has 0 saturated carbocycles. The third-order valence-electron chi connectivity index (χ3n) is 7.97. The highest BCUT2D eigenvalue weighted by molar-refractivity contribution is 5.88. The molecule has 5 rings (SSSR count). The highest BCUT2D eigenvalue weighted by Gasteiger charge is 2.45. The Balaban J connectivity index is 1.18. The summed E-state index contributed by atoms with van der Waals surface area (Å²) >= 11 is 0. The summed E-state index contributed by atoms with van der Waals surface area (Å²) in [4.78, 5) is 0. The lowest BCUT2D eigenvalue weighted by Crippen LogP contribution is -2.60. The molecule has 0 unspecified atom stereocenters. The fourth-order valence-corrected chi connectivity index (χ4v) is 5.39. The Bertz CT molecular complexity index is 1410. The molecule has 3 heterocycles. The van der Waals surface area contributed by atoms with Gasteiger partial charge in [0, 0.05) is 10.9 Å². The van der Waals surface area contributed by atoms with E-state index in [2.05, 4.69) is 0 Å². The van der Waals surface area contributed by atoms with Crippen molar-refractivity contribution in [3.05, 3.63) is 42.0 Å². The maximum Gasteiger partial charge on any atom is 0.186 e. The number of rotatable bonds is 12. The van der Waals surface area contributed by atoms with Gasteiger partial charge < -0.3 is 68.2 Å². The van der Waals surface area contributed by atoms with Crippen molar-refractivity contribution < 1.29 is 68.2 Å². The first-order chi connectivity index (χ1) is 21.6. The van der Waals surface area contributed by atoms with Gasteiger partial charge in [0.25, 0.3) is 0 Å². The van der Waals surface area contributed by atoms with Crippen LogP contribution in [0, 0.1) is 0 Å². The highest BCUT2D eigenvalue weighted by atomic mass is 16.7. The SMILES string of the molecule is COc1ccc(-c2cc3cc(CCCO[C@H]4O[C@@H](CO[C@H]5OC[C@@H](O)[C@@H](O)[C@H]5O)[C@@H](O)[C@@H](O)[C@H]4O)cc(OC)c3o2)cc1OC. The minimum atomic E-state index is -1.59. The van der Waals surface area contributed by atoms with Crippen molar-refractivity contribution in [1.29, 1.82) is 0 Å². The van der Waals surface area contributed by atoms with Crippen LogP contribution in [0.5, 0.6) is 17.2 Å². The van der Waals surface area contributed by atoms with E-state index in [4.69, 9.17) is 37.6 Å². The average Bonchev–Trinajstić information content (AvgIpc) is 3.49. The average molecular weight is 637 g/mol. The number of hydrogen-bond acceptors (Lipinski definition) is 14. The number of aryl methyl sites for hydroxylation is 1. The summed E-state index contributed by atoms with van der Waals surface area (Å²) in [5, 5.41) is 61.6. The first kappa shape index (κ1) is 33.3. The van der Waals surface area contributed by atoms with Crippen LogP contribution in [-0.4, -0.2) is 127 Å². The molecule has 45 heavy (non-hydrogen) atoms. The third kappa shape index (κ3) is 7.20. The molecule has 0 radical (unpaired) electrons. The summed E-state index contributed by atoms with van der Waals surface area (Å²) in [5.74, 6) is 2.38. The van der Waals surface area contributed by atoms with Crippen molar-refractivity contribution in [3.8, 4) is 28.6 Å². The van der Waals surface area contributed by atoms with E-state index >= 15 is 0 Å². The van der Waals surface area contributed by atoms with Gasteiger partial charge in [-0.05, 0) is 54.8 Å². The van der Waals surface area contributed by atoms with Gasteiger partial charge in [-0.3, -0.25) is 0 Å². The van der Waals surface area contributed by atoms with E-state index in [1.54, 1.807) is 27.4 Å². The van der Waals surface area contributed by atoms with E-state index < -0.39 is 55.3 Å². The van der Waals surface area contributed by atoms with Crippen molar-refractivity contribution in [2.24, 2.45) is 0 Å². The van der Waals surface area contributed by atoms with Crippen LogP contribution in [0.3, 0.4) is 0 Å². The largest absolute Gasteiger partial charge is 0.493 e. The fraction of sp³-hybridized carbons (Fsp3) is 0.548. The van der Waals surface area contributed by atoms with Crippen LogP contribution in [0.4, 0.5) is 0 Å². The Labute approximate surface area is 259 Å². The van der Waals surface area contributed by atoms with E-state index in [9.17, 15) is 30.6 Å². The lowest BCUT2D eigenvalue weighted by Gasteiger charge is -2.41. The normalized spacial score (nSPS) is 30.4. The second-order valence-corrected chi connectivity index (χ2v) is 11.0. The smallest absolute Gasteiger partial charge is 0.186 e. The topological polar surface area (TPSA) is 199 Å². The zero-order valence-electron chi connectivity index (χ0n) is 25.1. The Kier molecular flexibility index (Phi) is 10.8. The number of fused-ring (bicyclic) bond motifs is 1. The lowest BCUT2D eigenvalue weighted by atomic mass is 9.99. The van der Waals surface area contributed by atoms with Gasteiger partial charge in [0.2, 0.25) is 0 Å². The van der Waals surface area contributed by atoms with Crippen LogP contribution in [0.25, 0.3) is 22.3 Å². The van der Waals surface area contributed by atoms with Crippen LogP contribution in [-0.2, 0) is 25.4 Å². The molecule has 0 bridgehead atoms. The molecule has 2 aromatic carbocycles. The number of ether oxygens (including phenoxy) is 7. The summed E-state index contributed by atoms with van der Waals surface area (Å²) in [6.45, 7) is -0.469. The van der Waals surface area contributed by atoms with Gasteiger partial charge >= 0.3 is 0 Å².